The Kier molecular flexibility index (Phi) is 4.94. The minimum atomic E-state index is -3.24. The Labute approximate surface area is 152 Å². The van der Waals surface area contributed by atoms with Crippen LogP contribution in [0.1, 0.15) is 27.1 Å². The first-order valence-electron chi connectivity index (χ1n) is 8.15. The van der Waals surface area contributed by atoms with Gasteiger partial charge in [-0.1, -0.05) is 6.07 Å². The number of amides is 2. The molecule has 0 atom stereocenters. The van der Waals surface area contributed by atoms with E-state index in [1.165, 1.54) is 11.4 Å². The molecule has 0 saturated carbocycles. The third kappa shape index (κ3) is 3.70. The second-order valence-corrected chi connectivity index (χ2v) is 7.92. The molecule has 1 heterocycles. The fraction of sp³-hybridized carbons (Fsp3) is 0.222. The van der Waals surface area contributed by atoms with Crippen molar-refractivity contribution >= 4 is 33.2 Å². The molecular weight excluding hydrogens is 354 g/mol. The zero-order valence-electron chi connectivity index (χ0n) is 14.2. The van der Waals surface area contributed by atoms with Gasteiger partial charge in [0.15, 0.2) is 0 Å². The van der Waals surface area contributed by atoms with Crippen LogP contribution < -0.4 is 14.9 Å². The van der Waals surface area contributed by atoms with Crippen molar-refractivity contribution in [3.05, 3.63) is 59.7 Å². The molecule has 26 heavy (non-hydrogen) atoms. The lowest BCUT2D eigenvalue weighted by Gasteiger charge is -2.17. The summed E-state index contributed by atoms with van der Waals surface area (Å²) < 4.78 is 25.3. The van der Waals surface area contributed by atoms with Gasteiger partial charge < -0.3 is 10.6 Å². The average Bonchev–Trinajstić information content (AvgIpc) is 3.00. The molecule has 3 rings (SSSR count). The maximum absolute atomic E-state index is 12.4. The van der Waals surface area contributed by atoms with Crippen LogP contribution in [0.4, 0.5) is 11.4 Å². The van der Waals surface area contributed by atoms with Gasteiger partial charge in [0.2, 0.25) is 10.0 Å². The van der Waals surface area contributed by atoms with E-state index in [1.807, 2.05) is 0 Å². The van der Waals surface area contributed by atoms with E-state index in [2.05, 4.69) is 10.6 Å². The van der Waals surface area contributed by atoms with E-state index in [-0.39, 0.29) is 17.6 Å². The fourth-order valence-electron chi connectivity index (χ4n) is 2.79. The monoisotopic (exact) mass is 373 g/mol. The maximum atomic E-state index is 12.4. The number of sulfonamides is 1. The lowest BCUT2D eigenvalue weighted by molar-refractivity contribution is 0.0961. The van der Waals surface area contributed by atoms with Gasteiger partial charge in [-0.3, -0.25) is 13.9 Å². The van der Waals surface area contributed by atoms with Gasteiger partial charge in [0.1, 0.15) is 0 Å². The van der Waals surface area contributed by atoms with Gasteiger partial charge in [-0.25, -0.2) is 8.42 Å². The fourth-order valence-corrected chi connectivity index (χ4v) is 4.36. The standard InChI is InChI=1S/C18H19N3O4S/c1-19-17(22)14-4-2-5-15(12-14)20-18(23)13-6-8-16(9-7-13)21-10-3-11-26(21,24)25/h2,4-9,12H,3,10-11H2,1H3,(H,19,22)(H,20,23). The predicted molar refractivity (Wildman–Crippen MR) is 100.0 cm³/mol. The van der Waals surface area contributed by atoms with E-state index in [4.69, 9.17) is 0 Å². The molecule has 2 aromatic carbocycles. The molecule has 2 amide bonds. The summed E-state index contributed by atoms with van der Waals surface area (Å²) >= 11 is 0. The van der Waals surface area contributed by atoms with Crippen molar-refractivity contribution in [2.45, 2.75) is 6.42 Å². The van der Waals surface area contributed by atoms with Crippen molar-refractivity contribution in [2.24, 2.45) is 0 Å². The molecule has 8 heteroatoms. The largest absolute Gasteiger partial charge is 0.355 e. The van der Waals surface area contributed by atoms with E-state index in [0.29, 0.717) is 35.5 Å². The highest BCUT2D eigenvalue weighted by molar-refractivity contribution is 7.93. The Bertz CT molecular complexity index is 939. The topological polar surface area (TPSA) is 95.6 Å². The lowest BCUT2D eigenvalue weighted by atomic mass is 10.1. The smallest absolute Gasteiger partial charge is 0.255 e. The van der Waals surface area contributed by atoms with E-state index in [1.54, 1.807) is 48.5 Å². The second kappa shape index (κ2) is 7.17. The summed E-state index contributed by atoms with van der Waals surface area (Å²) in [6, 6.07) is 13.0. The van der Waals surface area contributed by atoms with Gasteiger partial charge in [-0.05, 0) is 48.9 Å². The van der Waals surface area contributed by atoms with Crippen LogP contribution in [-0.4, -0.2) is 39.6 Å². The van der Waals surface area contributed by atoms with Crippen LogP contribution in [0, 0.1) is 0 Å². The van der Waals surface area contributed by atoms with Crippen molar-refractivity contribution in [3.8, 4) is 0 Å². The van der Waals surface area contributed by atoms with E-state index < -0.39 is 10.0 Å². The Balaban J connectivity index is 1.74. The van der Waals surface area contributed by atoms with Crippen molar-refractivity contribution in [1.82, 2.24) is 5.32 Å². The zero-order valence-corrected chi connectivity index (χ0v) is 15.0. The Morgan fingerprint density at radius 2 is 1.73 bits per heavy atom. The first kappa shape index (κ1) is 17.9. The van der Waals surface area contributed by atoms with Gasteiger partial charge in [0.25, 0.3) is 11.8 Å². The van der Waals surface area contributed by atoms with Crippen LogP contribution in [0.15, 0.2) is 48.5 Å². The van der Waals surface area contributed by atoms with Gasteiger partial charge in [-0.15, -0.1) is 0 Å². The van der Waals surface area contributed by atoms with E-state index in [0.717, 1.165) is 0 Å². The molecule has 1 aliphatic heterocycles. The molecule has 1 saturated heterocycles. The number of anilines is 2. The first-order chi connectivity index (χ1) is 12.4. The highest BCUT2D eigenvalue weighted by atomic mass is 32.2. The SMILES string of the molecule is CNC(=O)c1cccc(NC(=O)c2ccc(N3CCCS3(=O)=O)cc2)c1. The van der Waals surface area contributed by atoms with Gasteiger partial charge >= 0.3 is 0 Å². The van der Waals surface area contributed by atoms with Crippen LogP contribution >= 0.6 is 0 Å². The van der Waals surface area contributed by atoms with Crippen molar-refractivity contribution < 1.29 is 18.0 Å². The molecule has 136 valence electrons. The van der Waals surface area contributed by atoms with Crippen LogP contribution in [0.3, 0.4) is 0 Å². The van der Waals surface area contributed by atoms with Crippen molar-refractivity contribution in [3.63, 3.8) is 0 Å². The van der Waals surface area contributed by atoms with Gasteiger partial charge in [0, 0.05) is 30.4 Å². The number of hydrogen-bond donors (Lipinski definition) is 2. The normalized spacial score (nSPS) is 15.5. The highest BCUT2D eigenvalue weighted by Crippen LogP contribution is 2.24. The maximum Gasteiger partial charge on any atom is 0.255 e. The van der Waals surface area contributed by atoms with Gasteiger partial charge in [0.05, 0.1) is 11.4 Å². The molecule has 7 nitrogen and oxygen atoms in total. The molecule has 1 aliphatic rings. The number of carbonyl (C=O) groups excluding carboxylic acids is 2. The van der Waals surface area contributed by atoms with Crippen molar-refractivity contribution in [2.75, 3.05) is 29.0 Å². The van der Waals surface area contributed by atoms with Crippen LogP contribution in [-0.2, 0) is 10.0 Å². The third-order valence-corrected chi connectivity index (χ3v) is 6.00. The molecule has 0 radical (unpaired) electrons. The Morgan fingerprint density at radius 3 is 2.35 bits per heavy atom. The number of carbonyl (C=O) groups is 2. The summed E-state index contributed by atoms with van der Waals surface area (Å²) in [7, 11) is -1.70. The number of benzene rings is 2. The molecule has 2 aromatic rings. The van der Waals surface area contributed by atoms with Gasteiger partial charge in [-0.2, -0.15) is 0 Å². The van der Waals surface area contributed by atoms with E-state index >= 15 is 0 Å². The number of nitrogens with zero attached hydrogens (tertiary/aromatic N) is 1. The summed E-state index contributed by atoms with van der Waals surface area (Å²) in [6.45, 7) is 0.458. The summed E-state index contributed by atoms with van der Waals surface area (Å²) in [6.07, 6.45) is 0.603. The molecular formula is C18H19N3O4S. The predicted octanol–water partition coefficient (Wildman–Crippen LogP) is 1.84. The molecule has 0 unspecified atom stereocenters. The first-order valence-corrected chi connectivity index (χ1v) is 9.75. The molecule has 0 aromatic heterocycles. The molecule has 0 bridgehead atoms. The van der Waals surface area contributed by atoms with Crippen LogP contribution in [0.25, 0.3) is 0 Å². The number of hydrogen-bond acceptors (Lipinski definition) is 4. The quantitative estimate of drug-likeness (QED) is 0.855. The molecule has 0 spiro atoms. The van der Waals surface area contributed by atoms with E-state index in [9.17, 15) is 18.0 Å². The van der Waals surface area contributed by atoms with Crippen LogP contribution in [0.5, 0.6) is 0 Å². The summed E-state index contributed by atoms with van der Waals surface area (Å²) in [4.78, 5) is 24.0. The lowest BCUT2D eigenvalue weighted by Crippen LogP contribution is -2.25. The number of rotatable bonds is 4. The molecule has 1 fully saturated rings. The second-order valence-electron chi connectivity index (χ2n) is 5.90. The van der Waals surface area contributed by atoms with Crippen molar-refractivity contribution in [1.29, 1.82) is 0 Å². The number of nitrogens with one attached hydrogen (secondary N) is 2. The Morgan fingerprint density at radius 1 is 1.00 bits per heavy atom. The Hall–Kier alpha value is -2.87. The summed E-state index contributed by atoms with van der Waals surface area (Å²) in [5.41, 5.74) is 1.90. The minimum absolute atomic E-state index is 0.150. The molecule has 0 aliphatic carbocycles. The zero-order chi connectivity index (χ0) is 18.7. The summed E-state index contributed by atoms with van der Waals surface area (Å²) in [5, 5.41) is 5.26. The van der Waals surface area contributed by atoms with Crippen LogP contribution in [0.2, 0.25) is 0 Å². The average molecular weight is 373 g/mol. The highest BCUT2D eigenvalue weighted by Gasteiger charge is 2.28. The molecule has 2 N–H and O–H groups in total. The minimum Gasteiger partial charge on any atom is -0.355 e. The summed E-state index contributed by atoms with van der Waals surface area (Å²) in [5.74, 6) is -0.427. The third-order valence-electron chi connectivity index (χ3n) is 4.13.